The van der Waals surface area contributed by atoms with E-state index in [4.69, 9.17) is 0 Å². The van der Waals surface area contributed by atoms with Crippen molar-refractivity contribution >= 4 is 17.2 Å². The van der Waals surface area contributed by atoms with Crippen LogP contribution in [0.4, 0.5) is 0 Å². The maximum atomic E-state index is 12.4. The van der Waals surface area contributed by atoms with Gasteiger partial charge in [-0.3, -0.25) is 14.3 Å². The van der Waals surface area contributed by atoms with Gasteiger partial charge in [0.25, 0.3) is 11.5 Å². The Kier molecular flexibility index (Phi) is 4.99. The quantitative estimate of drug-likeness (QED) is 0.711. The number of hydrogen-bond acceptors (Lipinski definition) is 6. The Bertz CT molecular complexity index is 1000. The van der Waals surface area contributed by atoms with Crippen molar-refractivity contribution in [2.24, 2.45) is 0 Å². The van der Waals surface area contributed by atoms with E-state index in [1.54, 1.807) is 0 Å². The van der Waals surface area contributed by atoms with Crippen molar-refractivity contribution in [2.45, 2.75) is 40.3 Å². The number of nitrogens with one attached hydrogen (secondary N) is 2. The first kappa shape index (κ1) is 18.0. The molecule has 136 valence electrons. The van der Waals surface area contributed by atoms with Gasteiger partial charge in [0, 0.05) is 23.3 Å². The van der Waals surface area contributed by atoms with Gasteiger partial charge in [0.15, 0.2) is 5.82 Å². The van der Waals surface area contributed by atoms with Crippen molar-refractivity contribution in [3.05, 3.63) is 50.0 Å². The SMILES string of the molecule is Cc1cc(C)n(C[C@@H](C)NC(=O)c2cnc(-c3csc(C)n3)[nH]c2=O)n1. The van der Waals surface area contributed by atoms with E-state index in [0.717, 1.165) is 16.4 Å². The zero-order chi connectivity index (χ0) is 18.8. The number of hydrogen-bond donors (Lipinski definition) is 2. The standard InChI is InChI=1S/C17H20N6O2S/c1-9-5-11(3)23(22-9)7-10(2)19-16(24)13-6-18-15(21-17(13)25)14-8-26-12(4)20-14/h5-6,8,10H,7H2,1-4H3,(H,19,24)(H,18,21,25)/t10-/m1/s1. The third-order valence-electron chi connectivity index (χ3n) is 3.83. The molecule has 9 heteroatoms. The fraction of sp³-hybridized carbons (Fsp3) is 0.353. The molecule has 0 radical (unpaired) electrons. The van der Waals surface area contributed by atoms with E-state index < -0.39 is 11.5 Å². The minimum Gasteiger partial charge on any atom is -0.347 e. The van der Waals surface area contributed by atoms with E-state index in [1.807, 2.05) is 43.8 Å². The van der Waals surface area contributed by atoms with E-state index in [0.29, 0.717) is 18.1 Å². The lowest BCUT2D eigenvalue weighted by Gasteiger charge is -2.14. The predicted molar refractivity (Wildman–Crippen MR) is 99.3 cm³/mol. The molecule has 0 aromatic carbocycles. The minimum absolute atomic E-state index is 0.0269. The van der Waals surface area contributed by atoms with Gasteiger partial charge in [-0.2, -0.15) is 5.10 Å². The normalized spacial score (nSPS) is 12.2. The van der Waals surface area contributed by atoms with Gasteiger partial charge in [-0.25, -0.2) is 9.97 Å². The Labute approximate surface area is 154 Å². The van der Waals surface area contributed by atoms with E-state index >= 15 is 0 Å². The second kappa shape index (κ2) is 7.20. The summed E-state index contributed by atoms with van der Waals surface area (Å²) in [6, 6.07) is 1.78. The van der Waals surface area contributed by atoms with Gasteiger partial charge in [0.1, 0.15) is 11.3 Å². The van der Waals surface area contributed by atoms with Crippen LogP contribution in [0.3, 0.4) is 0 Å². The number of H-pyrrole nitrogens is 1. The molecular weight excluding hydrogens is 352 g/mol. The van der Waals surface area contributed by atoms with Crippen molar-refractivity contribution < 1.29 is 4.79 Å². The summed E-state index contributed by atoms with van der Waals surface area (Å²) >= 11 is 1.47. The maximum Gasteiger partial charge on any atom is 0.264 e. The first-order valence-corrected chi connectivity index (χ1v) is 9.05. The Morgan fingerprint density at radius 2 is 2.15 bits per heavy atom. The predicted octanol–water partition coefficient (Wildman–Crippen LogP) is 1.83. The summed E-state index contributed by atoms with van der Waals surface area (Å²) in [4.78, 5) is 35.7. The highest BCUT2D eigenvalue weighted by Crippen LogP contribution is 2.16. The minimum atomic E-state index is -0.489. The molecule has 8 nitrogen and oxygen atoms in total. The zero-order valence-electron chi connectivity index (χ0n) is 15.0. The van der Waals surface area contributed by atoms with Gasteiger partial charge in [0.05, 0.1) is 17.2 Å². The number of aromatic nitrogens is 5. The second-order valence-corrected chi connectivity index (χ2v) is 7.27. The highest BCUT2D eigenvalue weighted by molar-refractivity contribution is 7.09. The van der Waals surface area contributed by atoms with Crippen LogP contribution in [0, 0.1) is 20.8 Å². The van der Waals surface area contributed by atoms with E-state index in [-0.39, 0.29) is 11.6 Å². The molecule has 1 atom stereocenters. The van der Waals surface area contributed by atoms with Crippen LogP contribution >= 0.6 is 11.3 Å². The van der Waals surface area contributed by atoms with Crippen molar-refractivity contribution in [3.8, 4) is 11.5 Å². The van der Waals surface area contributed by atoms with E-state index in [1.165, 1.54) is 17.5 Å². The summed E-state index contributed by atoms with van der Waals surface area (Å²) in [5.74, 6) is -0.111. The van der Waals surface area contributed by atoms with Crippen LogP contribution in [0.1, 0.15) is 33.7 Å². The maximum absolute atomic E-state index is 12.4. The van der Waals surface area contributed by atoms with Gasteiger partial charge in [-0.05, 0) is 33.8 Å². The lowest BCUT2D eigenvalue weighted by molar-refractivity contribution is 0.0934. The lowest BCUT2D eigenvalue weighted by atomic mass is 10.2. The molecule has 3 rings (SSSR count). The van der Waals surface area contributed by atoms with Crippen molar-refractivity contribution in [2.75, 3.05) is 0 Å². The summed E-state index contributed by atoms with van der Waals surface area (Å²) in [5, 5.41) is 9.87. The second-order valence-electron chi connectivity index (χ2n) is 6.21. The van der Waals surface area contributed by atoms with Gasteiger partial charge < -0.3 is 10.3 Å². The topological polar surface area (TPSA) is 106 Å². The van der Waals surface area contributed by atoms with E-state index in [2.05, 4.69) is 25.4 Å². The molecule has 2 N–H and O–H groups in total. The summed E-state index contributed by atoms with van der Waals surface area (Å²) in [6.45, 7) is 8.14. The smallest absolute Gasteiger partial charge is 0.264 e. The lowest BCUT2D eigenvalue weighted by Crippen LogP contribution is -2.38. The number of aromatic amines is 1. The molecule has 0 spiro atoms. The van der Waals surface area contributed by atoms with Crippen LogP contribution in [0.25, 0.3) is 11.5 Å². The summed E-state index contributed by atoms with van der Waals surface area (Å²) < 4.78 is 1.83. The van der Waals surface area contributed by atoms with Crippen LogP contribution in [0.5, 0.6) is 0 Å². The van der Waals surface area contributed by atoms with Crippen LogP contribution in [-0.2, 0) is 6.54 Å². The summed E-state index contributed by atoms with van der Waals surface area (Å²) in [6.07, 6.45) is 1.29. The van der Waals surface area contributed by atoms with Crippen LogP contribution in [-0.4, -0.2) is 36.7 Å². The third-order valence-corrected chi connectivity index (χ3v) is 4.61. The molecular formula is C17H20N6O2S. The molecule has 3 aromatic rings. The van der Waals surface area contributed by atoms with Crippen LogP contribution < -0.4 is 10.9 Å². The van der Waals surface area contributed by atoms with Crippen molar-refractivity contribution in [3.63, 3.8) is 0 Å². The van der Waals surface area contributed by atoms with Gasteiger partial charge in [-0.1, -0.05) is 0 Å². The number of carbonyl (C=O) groups excluding carboxylic acids is 1. The molecule has 0 fully saturated rings. The molecule has 0 aliphatic rings. The molecule has 0 bridgehead atoms. The highest BCUT2D eigenvalue weighted by Gasteiger charge is 2.16. The highest BCUT2D eigenvalue weighted by atomic mass is 32.1. The molecule has 26 heavy (non-hydrogen) atoms. The molecule has 3 aromatic heterocycles. The fourth-order valence-corrected chi connectivity index (χ4v) is 3.22. The Hall–Kier alpha value is -2.81. The monoisotopic (exact) mass is 372 g/mol. The van der Waals surface area contributed by atoms with Gasteiger partial charge in [-0.15, -0.1) is 11.3 Å². The number of carbonyl (C=O) groups is 1. The Balaban J connectivity index is 1.71. The van der Waals surface area contributed by atoms with E-state index in [9.17, 15) is 9.59 Å². The number of amides is 1. The van der Waals surface area contributed by atoms with Crippen molar-refractivity contribution in [1.29, 1.82) is 0 Å². The van der Waals surface area contributed by atoms with Gasteiger partial charge >= 0.3 is 0 Å². The third kappa shape index (κ3) is 3.88. The Morgan fingerprint density at radius 3 is 2.73 bits per heavy atom. The zero-order valence-corrected chi connectivity index (χ0v) is 15.8. The number of nitrogens with zero attached hydrogens (tertiary/aromatic N) is 4. The molecule has 0 saturated carbocycles. The first-order chi connectivity index (χ1) is 12.3. The van der Waals surface area contributed by atoms with Crippen LogP contribution in [0.15, 0.2) is 22.4 Å². The first-order valence-electron chi connectivity index (χ1n) is 8.17. The van der Waals surface area contributed by atoms with Gasteiger partial charge in [0.2, 0.25) is 0 Å². The molecule has 0 unspecified atom stereocenters. The Morgan fingerprint density at radius 1 is 1.38 bits per heavy atom. The van der Waals surface area contributed by atoms with Crippen molar-refractivity contribution in [1.82, 2.24) is 30.0 Å². The molecule has 0 saturated heterocycles. The summed E-state index contributed by atoms with van der Waals surface area (Å²) in [7, 11) is 0. The fourth-order valence-electron chi connectivity index (χ4n) is 2.63. The molecule has 3 heterocycles. The largest absolute Gasteiger partial charge is 0.347 e. The molecule has 0 aliphatic carbocycles. The summed E-state index contributed by atoms with van der Waals surface area (Å²) in [5.41, 5.74) is 2.02. The average molecular weight is 372 g/mol. The number of thiazole rings is 1. The number of rotatable bonds is 5. The molecule has 0 aliphatic heterocycles. The number of aryl methyl sites for hydroxylation is 3. The molecule has 1 amide bonds. The van der Waals surface area contributed by atoms with Crippen LogP contribution in [0.2, 0.25) is 0 Å². The average Bonchev–Trinajstić information content (AvgIpc) is 3.12.